The third-order valence-electron chi connectivity index (χ3n) is 4.35. The van der Waals surface area contributed by atoms with Crippen LogP contribution in [0, 0.1) is 11.8 Å². The van der Waals surface area contributed by atoms with Crippen molar-refractivity contribution in [2.24, 2.45) is 0 Å². The van der Waals surface area contributed by atoms with E-state index in [2.05, 4.69) is 26.9 Å². The highest BCUT2D eigenvalue weighted by Crippen LogP contribution is 2.34. The van der Waals surface area contributed by atoms with Crippen LogP contribution in [0.15, 0.2) is 54.7 Å². The van der Waals surface area contributed by atoms with Gasteiger partial charge >= 0.3 is 12.4 Å². The fourth-order valence-electron chi connectivity index (χ4n) is 2.83. The number of aromatic nitrogens is 4. The van der Waals surface area contributed by atoms with Gasteiger partial charge in [-0.1, -0.05) is 18.1 Å². The molecular weight excluding hydrogens is 436 g/mol. The Kier molecular flexibility index (Phi) is 5.00. The molecule has 32 heavy (non-hydrogen) atoms. The minimum Gasteiger partial charge on any atom is -0.384 e. The zero-order valence-electron chi connectivity index (χ0n) is 15.8. The lowest BCUT2D eigenvalue weighted by Gasteiger charge is -2.11. The lowest BCUT2D eigenvalue weighted by atomic mass is 10.1. The van der Waals surface area contributed by atoms with Gasteiger partial charge in [-0.2, -0.15) is 31.4 Å². The number of fused-ring (bicyclic) bond motifs is 1. The number of alkyl halides is 6. The van der Waals surface area contributed by atoms with E-state index < -0.39 is 23.6 Å². The maximum atomic E-state index is 13.6. The largest absolute Gasteiger partial charge is 0.433 e. The SMILES string of the molecule is Nc1ccc(C#Cc2cc3nc(-c4ccc(C(F)(F)F)cc4)cc(C(F)(F)F)n3n2)cn1. The standard InChI is InChI=1S/C21H11F6N5/c22-20(23,24)14-5-3-13(4-6-14)16-10-17(21(25,26)27)32-19(30-16)9-15(31-32)7-1-12-2-8-18(28)29-11-12/h2-6,8-11H,(H2,28,29). The molecule has 2 N–H and O–H groups in total. The number of hydrogen-bond acceptors (Lipinski definition) is 4. The smallest absolute Gasteiger partial charge is 0.384 e. The van der Waals surface area contributed by atoms with Crippen LogP contribution in [0.3, 0.4) is 0 Å². The fourth-order valence-corrected chi connectivity index (χ4v) is 2.83. The van der Waals surface area contributed by atoms with Crippen molar-refractivity contribution in [2.45, 2.75) is 12.4 Å². The van der Waals surface area contributed by atoms with Crippen molar-refractivity contribution in [3.8, 4) is 23.1 Å². The topological polar surface area (TPSA) is 69.1 Å². The second-order valence-electron chi connectivity index (χ2n) is 6.62. The Morgan fingerprint density at radius 1 is 0.844 bits per heavy atom. The van der Waals surface area contributed by atoms with E-state index in [1.54, 1.807) is 6.07 Å². The normalized spacial score (nSPS) is 11.9. The molecule has 0 saturated carbocycles. The van der Waals surface area contributed by atoms with Gasteiger partial charge in [0.2, 0.25) is 0 Å². The number of benzene rings is 1. The summed E-state index contributed by atoms with van der Waals surface area (Å²) in [6, 6.07) is 8.77. The Morgan fingerprint density at radius 3 is 2.16 bits per heavy atom. The monoisotopic (exact) mass is 447 g/mol. The molecule has 0 unspecified atom stereocenters. The maximum Gasteiger partial charge on any atom is 0.433 e. The van der Waals surface area contributed by atoms with Crippen LogP contribution in [0.2, 0.25) is 0 Å². The third kappa shape index (κ3) is 4.34. The molecule has 3 heterocycles. The van der Waals surface area contributed by atoms with Crippen LogP contribution >= 0.6 is 0 Å². The Balaban J connectivity index is 1.79. The summed E-state index contributed by atoms with van der Waals surface area (Å²) < 4.78 is 79.8. The third-order valence-corrected chi connectivity index (χ3v) is 4.35. The molecular formula is C21H11F6N5. The van der Waals surface area contributed by atoms with Crippen molar-refractivity contribution in [1.82, 2.24) is 19.6 Å². The molecule has 0 aliphatic rings. The number of hydrogen-bond donors (Lipinski definition) is 1. The predicted octanol–water partition coefficient (Wildman–Crippen LogP) is 4.81. The number of anilines is 1. The summed E-state index contributed by atoms with van der Waals surface area (Å²) in [5.74, 6) is 5.64. The Hall–Kier alpha value is -4.07. The van der Waals surface area contributed by atoms with E-state index in [9.17, 15) is 26.3 Å². The molecule has 3 aromatic heterocycles. The Bertz CT molecular complexity index is 1340. The first-order valence-corrected chi connectivity index (χ1v) is 8.90. The predicted molar refractivity (Wildman–Crippen MR) is 103 cm³/mol. The lowest BCUT2D eigenvalue weighted by molar-refractivity contribution is -0.142. The van der Waals surface area contributed by atoms with Gasteiger partial charge in [-0.3, -0.25) is 0 Å². The first kappa shape index (κ1) is 21.2. The van der Waals surface area contributed by atoms with Crippen molar-refractivity contribution in [1.29, 1.82) is 0 Å². The zero-order chi connectivity index (χ0) is 23.1. The van der Waals surface area contributed by atoms with Gasteiger partial charge in [0.25, 0.3) is 0 Å². The summed E-state index contributed by atoms with van der Waals surface area (Å²) in [4.78, 5) is 7.99. The van der Waals surface area contributed by atoms with Crippen LogP contribution < -0.4 is 5.73 Å². The van der Waals surface area contributed by atoms with Crippen molar-refractivity contribution < 1.29 is 26.3 Å². The zero-order valence-corrected chi connectivity index (χ0v) is 15.8. The first-order chi connectivity index (χ1) is 15.0. The second-order valence-corrected chi connectivity index (χ2v) is 6.62. The van der Waals surface area contributed by atoms with Crippen LogP contribution in [-0.2, 0) is 12.4 Å². The maximum absolute atomic E-state index is 13.6. The minimum atomic E-state index is -4.79. The Morgan fingerprint density at radius 2 is 1.56 bits per heavy atom. The molecule has 11 heteroatoms. The molecule has 0 aliphatic carbocycles. The number of pyridine rings is 1. The molecule has 0 fully saturated rings. The van der Waals surface area contributed by atoms with Gasteiger partial charge in [0.1, 0.15) is 11.5 Å². The summed E-state index contributed by atoms with van der Waals surface area (Å²) in [5.41, 5.74) is 3.71. The van der Waals surface area contributed by atoms with Crippen molar-refractivity contribution in [3.63, 3.8) is 0 Å². The number of nitrogens with two attached hydrogens (primary N) is 1. The Labute approximate surface area is 176 Å². The summed E-state index contributed by atoms with van der Waals surface area (Å²) >= 11 is 0. The van der Waals surface area contributed by atoms with Gasteiger partial charge in [0.05, 0.1) is 11.3 Å². The van der Waals surface area contributed by atoms with Crippen LogP contribution in [-0.4, -0.2) is 19.6 Å². The van der Waals surface area contributed by atoms with Crippen molar-refractivity contribution >= 4 is 11.5 Å². The number of nitrogen functional groups attached to an aromatic ring is 1. The van der Waals surface area contributed by atoms with Crippen LogP contribution in [0.25, 0.3) is 16.9 Å². The van der Waals surface area contributed by atoms with Crippen molar-refractivity contribution in [2.75, 3.05) is 5.73 Å². The van der Waals surface area contributed by atoms with Crippen molar-refractivity contribution in [3.05, 3.63) is 77.2 Å². The number of halogens is 6. The molecule has 1 aromatic carbocycles. The summed E-state index contributed by atoms with van der Waals surface area (Å²) in [6.07, 6.45) is -7.95. The molecule has 4 rings (SSSR count). The molecule has 162 valence electrons. The summed E-state index contributed by atoms with van der Waals surface area (Å²) in [6.45, 7) is 0. The molecule has 0 atom stereocenters. The van der Waals surface area contributed by atoms with Gasteiger partial charge in [-0.05, 0) is 36.3 Å². The molecule has 0 radical (unpaired) electrons. The van der Waals surface area contributed by atoms with Gasteiger partial charge in [-0.25, -0.2) is 14.5 Å². The highest BCUT2D eigenvalue weighted by molar-refractivity contribution is 5.64. The molecule has 0 aliphatic heterocycles. The van der Waals surface area contributed by atoms with Gasteiger partial charge in [0, 0.05) is 23.4 Å². The fraction of sp³-hybridized carbons (Fsp3) is 0.0952. The quantitative estimate of drug-likeness (QED) is 0.336. The minimum absolute atomic E-state index is 0.0180. The molecule has 0 spiro atoms. The van der Waals surface area contributed by atoms with E-state index in [0.29, 0.717) is 10.1 Å². The van der Waals surface area contributed by atoms with E-state index in [-0.39, 0.29) is 28.4 Å². The van der Waals surface area contributed by atoms with Gasteiger partial charge in [0.15, 0.2) is 11.3 Å². The molecule has 0 bridgehead atoms. The first-order valence-electron chi connectivity index (χ1n) is 8.90. The average Bonchev–Trinajstić information content (AvgIpc) is 3.14. The lowest BCUT2D eigenvalue weighted by Crippen LogP contribution is -2.13. The van der Waals surface area contributed by atoms with Gasteiger partial charge in [-0.15, -0.1) is 0 Å². The van der Waals surface area contributed by atoms with E-state index in [1.165, 1.54) is 18.3 Å². The second kappa shape index (κ2) is 7.56. The number of nitrogens with zero attached hydrogens (tertiary/aromatic N) is 4. The van der Waals surface area contributed by atoms with Crippen LogP contribution in [0.5, 0.6) is 0 Å². The van der Waals surface area contributed by atoms with Crippen LogP contribution in [0.1, 0.15) is 22.5 Å². The molecule has 0 saturated heterocycles. The van der Waals surface area contributed by atoms with Crippen LogP contribution in [0.4, 0.5) is 32.2 Å². The van der Waals surface area contributed by atoms with Gasteiger partial charge < -0.3 is 5.73 Å². The molecule has 0 amide bonds. The van der Waals surface area contributed by atoms with E-state index in [4.69, 9.17) is 5.73 Å². The highest BCUT2D eigenvalue weighted by Gasteiger charge is 2.35. The van der Waals surface area contributed by atoms with E-state index in [1.807, 2.05) is 0 Å². The van der Waals surface area contributed by atoms with E-state index in [0.717, 1.165) is 30.3 Å². The summed E-state index contributed by atoms with van der Waals surface area (Å²) in [7, 11) is 0. The van der Waals surface area contributed by atoms with E-state index >= 15 is 0 Å². The number of rotatable bonds is 1. The highest BCUT2D eigenvalue weighted by atomic mass is 19.4. The molecule has 4 aromatic rings. The average molecular weight is 447 g/mol. The summed E-state index contributed by atoms with van der Waals surface area (Å²) in [5, 5.41) is 3.86. The molecule has 5 nitrogen and oxygen atoms in total.